The van der Waals surface area contributed by atoms with Crippen molar-refractivity contribution in [3.8, 4) is 11.5 Å². The minimum Gasteiger partial charge on any atom is -0.457 e. The first kappa shape index (κ1) is 17.5. The normalized spacial score (nSPS) is 17.9. The van der Waals surface area contributed by atoms with Gasteiger partial charge in [0, 0.05) is 44.3 Å². The molecule has 0 radical (unpaired) electrons. The van der Waals surface area contributed by atoms with Crippen LogP contribution in [0.3, 0.4) is 0 Å². The van der Waals surface area contributed by atoms with Crippen LogP contribution in [-0.2, 0) is 4.79 Å². The molecule has 0 saturated carbocycles. The molecule has 5 heteroatoms. The largest absolute Gasteiger partial charge is 0.457 e. The van der Waals surface area contributed by atoms with Gasteiger partial charge in [-0.05, 0) is 43.3 Å². The van der Waals surface area contributed by atoms with Crippen LogP contribution in [0.15, 0.2) is 54.6 Å². The van der Waals surface area contributed by atoms with Crippen molar-refractivity contribution in [2.24, 2.45) is 0 Å². The number of carbonyl (C=O) groups excluding carboxylic acids is 1. The van der Waals surface area contributed by atoms with Crippen LogP contribution in [0.4, 0.5) is 5.69 Å². The molecule has 0 bridgehead atoms. The molecule has 1 aliphatic heterocycles. The maximum atomic E-state index is 12.2. The maximum Gasteiger partial charge on any atom is 0.225 e. The number of para-hydroxylation sites is 1. The molecular formula is C20H25N3O2. The van der Waals surface area contributed by atoms with E-state index in [1.54, 1.807) is 0 Å². The Morgan fingerprint density at radius 3 is 2.60 bits per heavy atom. The number of nitrogens with one attached hydrogen (secondary N) is 2. The summed E-state index contributed by atoms with van der Waals surface area (Å²) in [5.74, 6) is 1.59. The van der Waals surface area contributed by atoms with Gasteiger partial charge < -0.3 is 15.4 Å². The molecule has 0 spiro atoms. The number of anilines is 1. The van der Waals surface area contributed by atoms with E-state index >= 15 is 0 Å². The van der Waals surface area contributed by atoms with Gasteiger partial charge in [-0.15, -0.1) is 0 Å². The minimum absolute atomic E-state index is 0.0439. The van der Waals surface area contributed by atoms with Crippen molar-refractivity contribution in [3.05, 3.63) is 54.6 Å². The SMILES string of the molecule is C[C@H]1CNCCN1CCC(=O)Nc1ccc(Oc2ccccc2)cc1. The van der Waals surface area contributed by atoms with Gasteiger partial charge in [-0.25, -0.2) is 0 Å². The van der Waals surface area contributed by atoms with Crippen LogP contribution in [0.25, 0.3) is 0 Å². The standard InChI is InChI=1S/C20H25N3O2/c1-16-15-21-12-14-23(16)13-11-20(24)22-17-7-9-19(10-8-17)25-18-5-3-2-4-6-18/h2-10,16,21H,11-15H2,1H3,(H,22,24)/t16-/m0/s1. The highest BCUT2D eigenvalue weighted by molar-refractivity contribution is 5.90. The average molecular weight is 339 g/mol. The van der Waals surface area contributed by atoms with E-state index in [1.807, 2.05) is 54.6 Å². The molecule has 132 valence electrons. The van der Waals surface area contributed by atoms with Gasteiger partial charge in [0.15, 0.2) is 0 Å². The molecule has 2 aromatic carbocycles. The van der Waals surface area contributed by atoms with Crippen molar-refractivity contribution in [3.63, 3.8) is 0 Å². The van der Waals surface area contributed by atoms with Crippen LogP contribution in [0.5, 0.6) is 11.5 Å². The van der Waals surface area contributed by atoms with E-state index in [9.17, 15) is 4.79 Å². The fourth-order valence-corrected chi connectivity index (χ4v) is 2.91. The number of carbonyl (C=O) groups is 1. The number of hydrogen-bond donors (Lipinski definition) is 2. The smallest absolute Gasteiger partial charge is 0.225 e. The van der Waals surface area contributed by atoms with Gasteiger partial charge in [0.1, 0.15) is 11.5 Å². The summed E-state index contributed by atoms with van der Waals surface area (Å²) >= 11 is 0. The fraction of sp³-hybridized carbons (Fsp3) is 0.350. The number of amides is 1. The lowest BCUT2D eigenvalue weighted by Gasteiger charge is -2.33. The highest BCUT2D eigenvalue weighted by Crippen LogP contribution is 2.22. The third kappa shape index (κ3) is 5.31. The Labute approximate surface area is 149 Å². The molecule has 2 aromatic rings. The first-order valence-electron chi connectivity index (χ1n) is 8.78. The number of nitrogens with zero attached hydrogens (tertiary/aromatic N) is 1. The van der Waals surface area contributed by atoms with Crippen molar-refractivity contribution < 1.29 is 9.53 Å². The number of piperazine rings is 1. The summed E-state index contributed by atoms with van der Waals surface area (Å²) in [5, 5.41) is 6.31. The van der Waals surface area contributed by atoms with E-state index < -0.39 is 0 Å². The van der Waals surface area contributed by atoms with Crippen molar-refractivity contribution in [1.29, 1.82) is 0 Å². The zero-order valence-corrected chi connectivity index (χ0v) is 14.6. The summed E-state index contributed by atoms with van der Waals surface area (Å²) < 4.78 is 5.75. The molecule has 25 heavy (non-hydrogen) atoms. The second kappa shape index (κ2) is 8.65. The van der Waals surface area contributed by atoms with Gasteiger partial charge in [-0.1, -0.05) is 18.2 Å². The Hall–Kier alpha value is -2.37. The first-order valence-corrected chi connectivity index (χ1v) is 8.78. The number of hydrogen-bond acceptors (Lipinski definition) is 4. The first-order chi connectivity index (χ1) is 12.2. The molecular weight excluding hydrogens is 314 g/mol. The Morgan fingerprint density at radius 1 is 1.16 bits per heavy atom. The molecule has 2 N–H and O–H groups in total. The summed E-state index contributed by atoms with van der Waals surface area (Å²) in [6.07, 6.45) is 0.507. The molecule has 1 aliphatic rings. The van der Waals surface area contributed by atoms with Gasteiger partial charge in [0.05, 0.1) is 0 Å². The quantitative estimate of drug-likeness (QED) is 0.849. The number of rotatable bonds is 6. The summed E-state index contributed by atoms with van der Waals surface area (Å²) in [6.45, 7) is 5.97. The lowest BCUT2D eigenvalue weighted by molar-refractivity contribution is -0.116. The summed E-state index contributed by atoms with van der Waals surface area (Å²) in [6, 6.07) is 17.6. The second-order valence-electron chi connectivity index (χ2n) is 6.33. The molecule has 1 amide bonds. The molecule has 5 nitrogen and oxygen atoms in total. The molecule has 1 heterocycles. The molecule has 3 rings (SSSR count). The van der Waals surface area contributed by atoms with Crippen LogP contribution in [0.1, 0.15) is 13.3 Å². The van der Waals surface area contributed by atoms with Crippen LogP contribution < -0.4 is 15.4 Å². The summed E-state index contributed by atoms with van der Waals surface area (Å²) in [7, 11) is 0. The van der Waals surface area contributed by atoms with Gasteiger partial charge in [0.2, 0.25) is 5.91 Å². The zero-order chi connectivity index (χ0) is 17.5. The number of ether oxygens (including phenoxy) is 1. The van der Waals surface area contributed by atoms with Crippen molar-refractivity contribution in [1.82, 2.24) is 10.2 Å². The van der Waals surface area contributed by atoms with Gasteiger partial charge in [-0.3, -0.25) is 9.69 Å². The second-order valence-corrected chi connectivity index (χ2v) is 6.33. The molecule has 0 aromatic heterocycles. The Balaban J connectivity index is 1.46. The predicted molar refractivity (Wildman–Crippen MR) is 100 cm³/mol. The van der Waals surface area contributed by atoms with E-state index in [2.05, 4.69) is 22.5 Å². The van der Waals surface area contributed by atoms with Crippen LogP contribution >= 0.6 is 0 Å². The highest BCUT2D eigenvalue weighted by Gasteiger charge is 2.18. The minimum atomic E-state index is 0.0439. The summed E-state index contributed by atoms with van der Waals surface area (Å²) in [5.41, 5.74) is 0.791. The van der Waals surface area contributed by atoms with E-state index in [1.165, 1.54) is 0 Å². The fourth-order valence-electron chi connectivity index (χ4n) is 2.91. The zero-order valence-electron chi connectivity index (χ0n) is 14.6. The Bertz CT molecular complexity index is 673. The Morgan fingerprint density at radius 2 is 1.88 bits per heavy atom. The van der Waals surface area contributed by atoms with Crippen molar-refractivity contribution >= 4 is 11.6 Å². The highest BCUT2D eigenvalue weighted by atomic mass is 16.5. The topological polar surface area (TPSA) is 53.6 Å². The molecule has 0 aliphatic carbocycles. The van der Waals surface area contributed by atoms with Crippen LogP contribution in [0.2, 0.25) is 0 Å². The van der Waals surface area contributed by atoms with Gasteiger partial charge in [-0.2, -0.15) is 0 Å². The lowest BCUT2D eigenvalue weighted by atomic mass is 10.2. The van der Waals surface area contributed by atoms with Crippen LogP contribution in [-0.4, -0.2) is 43.0 Å². The van der Waals surface area contributed by atoms with Gasteiger partial charge in [0.25, 0.3) is 0 Å². The monoisotopic (exact) mass is 339 g/mol. The molecule has 1 atom stereocenters. The molecule has 1 saturated heterocycles. The van der Waals surface area contributed by atoms with E-state index in [0.29, 0.717) is 12.5 Å². The summed E-state index contributed by atoms with van der Waals surface area (Å²) in [4.78, 5) is 14.5. The maximum absolute atomic E-state index is 12.2. The van der Waals surface area contributed by atoms with Crippen molar-refractivity contribution in [2.45, 2.75) is 19.4 Å². The van der Waals surface area contributed by atoms with E-state index in [-0.39, 0.29) is 5.91 Å². The third-order valence-corrected chi connectivity index (χ3v) is 4.38. The molecule has 1 fully saturated rings. The average Bonchev–Trinajstić information content (AvgIpc) is 2.64. The van der Waals surface area contributed by atoms with Gasteiger partial charge >= 0.3 is 0 Å². The Kier molecular flexibility index (Phi) is 6.04. The van der Waals surface area contributed by atoms with E-state index in [4.69, 9.17) is 4.74 Å². The molecule has 0 unspecified atom stereocenters. The van der Waals surface area contributed by atoms with E-state index in [0.717, 1.165) is 43.4 Å². The third-order valence-electron chi connectivity index (χ3n) is 4.38. The van der Waals surface area contributed by atoms with Crippen molar-refractivity contribution in [2.75, 3.05) is 31.5 Å². The predicted octanol–water partition coefficient (Wildman–Crippen LogP) is 3.10. The lowest BCUT2D eigenvalue weighted by Crippen LogP contribution is -2.50. The van der Waals surface area contributed by atoms with Crippen LogP contribution in [0, 0.1) is 0 Å². The number of benzene rings is 2.